The zero-order chi connectivity index (χ0) is 12.1. The standard InChI is InChI=1S/C13H20N2O2/c1-2-11-5-6-12(17-11)9-14-8-7-13(16)15-10-3-4-10/h5-6,10,14H,2-4,7-9H2,1H3,(H,15,16). The summed E-state index contributed by atoms with van der Waals surface area (Å²) < 4.78 is 5.55. The van der Waals surface area contributed by atoms with E-state index in [-0.39, 0.29) is 5.91 Å². The summed E-state index contributed by atoms with van der Waals surface area (Å²) >= 11 is 0. The maximum absolute atomic E-state index is 11.4. The summed E-state index contributed by atoms with van der Waals surface area (Å²) in [4.78, 5) is 11.4. The van der Waals surface area contributed by atoms with Crippen molar-refractivity contribution in [2.24, 2.45) is 0 Å². The number of amides is 1. The molecule has 2 N–H and O–H groups in total. The number of carbonyl (C=O) groups excluding carboxylic acids is 1. The highest BCUT2D eigenvalue weighted by molar-refractivity contribution is 5.76. The predicted octanol–water partition coefficient (Wildman–Crippen LogP) is 1.60. The maximum atomic E-state index is 11.4. The maximum Gasteiger partial charge on any atom is 0.221 e. The van der Waals surface area contributed by atoms with Crippen LogP contribution in [0.3, 0.4) is 0 Å². The third-order valence-corrected chi connectivity index (χ3v) is 2.84. The third-order valence-electron chi connectivity index (χ3n) is 2.84. The Bertz CT molecular complexity index is 369. The van der Waals surface area contributed by atoms with Crippen molar-refractivity contribution < 1.29 is 9.21 Å². The van der Waals surface area contributed by atoms with Crippen LogP contribution in [0.2, 0.25) is 0 Å². The van der Waals surface area contributed by atoms with Gasteiger partial charge in [0.05, 0.1) is 6.54 Å². The molecule has 0 bridgehead atoms. The molecule has 1 aromatic heterocycles. The average Bonchev–Trinajstić information content (AvgIpc) is 3.01. The Hall–Kier alpha value is -1.29. The van der Waals surface area contributed by atoms with Gasteiger partial charge in [-0.25, -0.2) is 0 Å². The topological polar surface area (TPSA) is 54.3 Å². The number of hydrogen-bond acceptors (Lipinski definition) is 3. The molecule has 2 rings (SSSR count). The summed E-state index contributed by atoms with van der Waals surface area (Å²) in [5.74, 6) is 2.09. The van der Waals surface area contributed by atoms with E-state index in [1.165, 1.54) is 0 Å². The van der Waals surface area contributed by atoms with Gasteiger partial charge in [0.1, 0.15) is 11.5 Å². The van der Waals surface area contributed by atoms with E-state index in [0.717, 1.165) is 30.8 Å². The lowest BCUT2D eigenvalue weighted by Gasteiger charge is -2.04. The lowest BCUT2D eigenvalue weighted by molar-refractivity contribution is -0.121. The number of rotatable bonds is 7. The first kappa shape index (κ1) is 12.2. The molecular weight excluding hydrogens is 216 g/mol. The highest BCUT2D eigenvalue weighted by Gasteiger charge is 2.22. The molecule has 0 saturated heterocycles. The molecule has 0 aliphatic heterocycles. The molecule has 0 unspecified atom stereocenters. The monoisotopic (exact) mass is 236 g/mol. The van der Waals surface area contributed by atoms with E-state index < -0.39 is 0 Å². The van der Waals surface area contributed by atoms with Crippen molar-refractivity contribution in [1.29, 1.82) is 0 Å². The van der Waals surface area contributed by atoms with Crippen LogP contribution < -0.4 is 10.6 Å². The minimum atomic E-state index is 0.147. The molecule has 1 aromatic rings. The Balaban J connectivity index is 1.57. The van der Waals surface area contributed by atoms with Gasteiger partial charge in [-0.3, -0.25) is 4.79 Å². The van der Waals surface area contributed by atoms with Gasteiger partial charge in [0.25, 0.3) is 0 Å². The van der Waals surface area contributed by atoms with Crippen LogP contribution in [0.5, 0.6) is 0 Å². The lowest BCUT2D eigenvalue weighted by Crippen LogP contribution is -2.28. The first-order chi connectivity index (χ1) is 8.28. The van der Waals surface area contributed by atoms with Crippen LogP contribution in [0.4, 0.5) is 0 Å². The molecule has 1 aliphatic rings. The van der Waals surface area contributed by atoms with Crippen molar-refractivity contribution in [2.75, 3.05) is 6.54 Å². The minimum absolute atomic E-state index is 0.147. The summed E-state index contributed by atoms with van der Waals surface area (Å²) in [6, 6.07) is 4.44. The molecule has 17 heavy (non-hydrogen) atoms. The molecule has 94 valence electrons. The molecule has 1 saturated carbocycles. The minimum Gasteiger partial charge on any atom is -0.465 e. The van der Waals surface area contributed by atoms with E-state index in [1.807, 2.05) is 12.1 Å². The van der Waals surface area contributed by atoms with Crippen LogP contribution in [0.15, 0.2) is 16.5 Å². The molecule has 0 radical (unpaired) electrons. The van der Waals surface area contributed by atoms with E-state index in [2.05, 4.69) is 17.6 Å². The van der Waals surface area contributed by atoms with E-state index in [0.29, 0.717) is 25.6 Å². The highest BCUT2D eigenvalue weighted by Crippen LogP contribution is 2.18. The normalized spacial score (nSPS) is 14.9. The smallest absolute Gasteiger partial charge is 0.221 e. The number of nitrogens with one attached hydrogen (secondary N) is 2. The van der Waals surface area contributed by atoms with Crippen LogP contribution in [-0.2, 0) is 17.8 Å². The van der Waals surface area contributed by atoms with Crippen molar-refractivity contribution >= 4 is 5.91 Å². The molecule has 1 heterocycles. The Kier molecular flexibility index (Phi) is 4.20. The van der Waals surface area contributed by atoms with Gasteiger partial charge in [-0.1, -0.05) is 6.92 Å². The van der Waals surface area contributed by atoms with Gasteiger partial charge in [-0.2, -0.15) is 0 Å². The molecule has 0 spiro atoms. The average molecular weight is 236 g/mol. The van der Waals surface area contributed by atoms with Crippen LogP contribution in [0.1, 0.15) is 37.7 Å². The number of aryl methyl sites for hydroxylation is 1. The molecule has 0 atom stereocenters. The lowest BCUT2D eigenvalue weighted by atomic mass is 10.3. The number of hydrogen-bond donors (Lipinski definition) is 2. The SMILES string of the molecule is CCc1ccc(CNCCC(=O)NC2CC2)o1. The second-order valence-corrected chi connectivity index (χ2v) is 4.49. The van der Waals surface area contributed by atoms with Crippen LogP contribution >= 0.6 is 0 Å². The summed E-state index contributed by atoms with van der Waals surface area (Å²) in [7, 11) is 0. The van der Waals surface area contributed by atoms with Gasteiger partial charge in [-0.05, 0) is 25.0 Å². The van der Waals surface area contributed by atoms with Crippen molar-refractivity contribution in [1.82, 2.24) is 10.6 Å². The van der Waals surface area contributed by atoms with Crippen molar-refractivity contribution in [3.8, 4) is 0 Å². The van der Waals surface area contributed by atoms with Crippen molar-refractivity contribution in [3.63, 3.8) is 0 Å². The van der Waals surface area contributed by atoms with Crippen molar-refractivity contribution in [3.05, 3.63) is 23.7 Å². The summed E-state index contributed by atoms with van der Waals surface area (Å²) in [6.45, 7) is 3.45. The van der Waals surface area contributed by atoms with Gasteiger partial charge in [0.2, 0.25) is 5.91 Å². The summed E-state index contributed by atoms with van der Waals surface area (Å²) in [6.07, 6.45) is 3.75. The Morgan fingerprint density at radius 2 is 2.18 bits per heavy atom. The fourth-order valence-electron chi connectivity index (χ4n) is 1.65. The summed E-state index contributed by atoms with van der Waals surface area (Å²) in [5, 5.41) is 6.17. The number of furan rings is 1. The van der Waals surface area contributed by atoms with E-state index in [9.17, 15) is 4.79 Å². The Morgan fingerprint density at radius 1 is 1.41 bits per heavy atom. The fraction of sp³-hybridized carbons (Fsp3) is 0.615. The molecule has 4 nitrogen and oxygen atoms in total. The highest BCUT2D eigenvalue weighted by atomic mass is 16.3. The van der Waals surface area contributed by atoms with Crippen molar-refractivity contribution in [2.45, 2.75) is 45.2 Å². The number of carbonyl (C=O) groups is 1. The second kappa shape index (κ2) is 5.87. The fourth-order valence-corrected chi connectivity index (χ4v) is 1.65. The van der Waals surface area contributed by atoms with Crippen LogP contribution in [-0.4, -0.2) is 18.5 Å². The molecule has 1 fully saturated rings. The second-order valence-electron chi connectivity index (χ2n) is 4.49. The van der Waals surface area contributed by atoms with Crippen LogP contribution in [0, 0.1) is 0 Å². The van der Waals surface area contributed by atoms with Gasteiger partial charge in [-0.15, -0.1) is 0 Å². The Labute approximate surface area is 102 Å². The molecule has 0 aromatic carbocycles. The largest absolute Gasteiger partial charge is 0.465 e. The Morgan fingerprint density at radius 3 is 2.82 bits per heavy atom. The van der Waals surface area contributed by atoms with Crippen LogP contribution in [0.25, 0.3) is 0 Å². The van der Waals surface area contributed by atoms with Gasteiger partial charge < -0.3 is 15.1 Å². The quantitative estimate of drug-likeness (QED) is 0.707. The third kappa shape index (κ3) is 4.23. The first-order valence-corrected chi connectivity index (χ1v) is 6.35. The van der Waals surface area contributed by atoms with E-state index in [4.69, 9.17) is 4.42 Å². The van der Waals surface area contributed by atoms with Gasteiger partial charge in [0, 0.05) is 25.4 Å². The first-order valence-electron chi connectivity index (χ1n) is 6.35. The van der Waals surface area contributed by atoms with E-state index in [1.54, 1.807) is 0 Å². The molecule has 1 aliphatic carbocycles. The molecule has 4 heteroatoms. The zero-order valence-electron chi connectivity index (χ0n) is 10.3. The molecule has 1 amide bonds. The van der Waals surface area contributed by atoms with Gasteiger partial charge >= 0.3 is 0 Å². The van der Waals surface area contributed by atoms with Gasteiger partial charge in [0.15, 0.2) is 0 Å². The van der Waals surface area contributed by atoms with E-state index >= 15 is 0 Å². The summed E-state index contributed by atoms with van der Waals surface area (Å²) in [5.41, 5.74) is 0. The predicted molar refractivity (Wildman–Crippen MR) is 65.6 cm³/mol. The zero-order valence-corrected chi connectivity index (χ0v) is 10.3. The molecular formula is C13H20N2O2.